The van der Waals surface area contributed by atoms with Crippen molar-refractivity contribution in [2.75, 3.05) is 0 Å². The number of fused-ring (bicyclic) bond motifs is 1. The highest BCUT2D eigenvalue weighted by Crippen LogP contribution is 2.22. The van der Waals surface area contributed by atoms with Gasteiger partial charge in [0, 0.05) is 29.2 Å². The number of carbonyl (C=O) groups excluding carboxylic acids is 1. The van der Waals surface area contributed by atoms with Crippen LogP contribution in [-0.4, -0.2) is 15.9 Å². The van der Waals surface area contributed by atoms with E-state index in [4.69, 9.17) is 5.73 Å². The Labute approximate surface area is 138 Å². The highest BCUT2D eigenvalue weighted by atomic mass is 32.1. The number of nitrogens with one attached hydrogen (secondary N) is 1. The summed E-state index contributed by atoms with van der Waals surface area (Å²) in [6, 6.07) is 7.85. The van der Waals surface area contributed by atoms with Crippen LogP contribution < -0.4 is 11.1 Å². The predicted octanol–water partition coefficient (Wildman–Crippen LogP) is 2.95. The number of amides is 1. The summed E-state index contributed by atoms with van der Waals surface area (Å²) in [6.45, 7) is 4.22. The van der Waals surface area contributed by atoms with Gasteiger partial charge in [0.2, 0.25) is 0 Å². The molecule has 5 nitrogen and oxygen atoms in total. The van der Waals surface area contributed by atoms with Crippen LogP contribution in [0.5, 0.6) is 0 Å². The molecular weight excluding hydrogens is 308 g/mol. The van der Waals surface area contributed by atoms with Crippen molar-refractivity contribution in [3.63, 3.8) is 0 Å². The van der Waals surface area contributed by atoms with E-state index < -0.39 is 0 Å². The maximum absolute atomic E-state index is 12.3. The molecule has 0 spiro atoms. The van der Waals surface area contributed by atoms with Crippen LogP contribution >= 0.6 is 11.3 Å². The Hall–Kier alpha value is -2.31. The minimum Gasteiger partial charge on any atom is -0.347 e. The third-order valence-electron chi connectivity index (χ3n) is 3.58. The smallest absolute Gasteiger partial charge is 0.271 e. The van der Waals surface area contributed by atoms with Gasteiger partial charge >= 0.3 is 0 Å². The molecule has 0 aliphatic rings. The van der Waals surface area contributed by atoms with Crippen molar-refractivity contribution in [2.45, 2.75) is 26.4 Å². The Balaban J connectivity index is 1.72. The Bertz CT molecular complexity index is 857. The molecule has 1 aromatic carbocycles. The summed E-state index contributed by atoms with van der Waals surface area (Å²) < 4.78 is 0. The molecule has 2 heterocycles. The third kappa shape index (κ3) is 3.38. The number of benzene rings is 1. The maximum atomic E-state index is 12.3. The first-order valence-corrected chi connectivity index (χ1v) is 8.20. The van der Waals surface area contributed by atoms with E-state index in [1.807, 2.05) is 38.2 Å². The average Bonchev–Trinajstić information content (AvgIpc) is 2.94. The summed E-state index contributed by atoms with van der Waals surface area (Å²) in [5.74, 6) is -0.166. The van der Waals surface area contributed by atoms with Crippen LogP contribution in [0.1, 0.15) is 38.9 Å². The lowest BCUT2D eigenvalue weighted by molar-refractivity contribution is 0.0946. The molecule has 0 saturated heterocycles. The molecular formula is C17H18N4OS. The first kappa shape index (κ1) is 15.6. The maximum Gasteiger partial charge on any atom is 0.271 e. The van der Waals surface area contributed by atoms with Crippen molar-refractivity contribution >= 4 is 28.0 Å². The zero-order valence-corrected chi connectivity index (χ0v) is 13.9. The van der Waals surface area contributed by atoms with Crippen LogP contribution in [0, 0.1) is 6.92 Å². The normalized spacial score (nSPS) is 12.3. The Morgan fingerprint density at radius 2 is 2.17 bits per heavy atom. The molecule has 1 amide bonds. The van der Waals surface area contributed by atoms with Gasteiger partial charge in [-0.15, -0.1) is 11.3 Å². The van der Waals surface area contributed by atoms with Gasteiger partial charge in [-0.2, -0.15) is 0 Å². The van der Waals surface area contributed by atoms with E-state index in [0.717, 1.165) is 26.2 Å². The predicted molar refractivity (Wildman–Crippen MR) is 92.4 cm³/mol. The van der Waals surface area contributed by atoms with E-state index in [1.54, 1.807) is 6.20 Å². The van der Waals surface area contributed by atoms with Gasteiger partial charge in [0.25, 0.3) is 5.91 Å². The molecule has 3 N–H and O–H groups in total. The van der Waals surface area contributed by atoms with Crippen molar-refractivity contribution < 1.29 is 4.79 Å². The van der Waals surface area contributed by atoms with Crippen LogP contribution in [0.3, 0.4) is 0 Å². The summed E-state index contributed by atoms with van der Waals surface area (Å²) in [7, 11) is 0. The van der Waals surface area contributed by atoms with E-state index in [2.05, 4.69) is 21.4 Å². The highest BCUT2D eigenvalue weighted by Gasteiger charge is 2.16. The fraction of sp³-hybridized carbons (Fsp3) is 0.235. The SMILES string of the molecule is Cc1sc(C(C)N)nc1C(=O)NCc1ccc2cnccc2c1. The second kappa shape index (κ2) is 6.44. The molecule has 0 saturated carbocycles. The number of nitrogens with two attached hydrogens (primary N) is 1. The van der Waals surface area contributed by atoms with E-state index in [0.29, 0.717) is 12.2 Å². The molecule has 1 unspecified atom stereocenters. The minimum atomic E-state index is -0.166. The molecule has 6 heteroatoms. The van der Waals surface area contributed by atoms with Gasteiger partial charge in [0.05, 0.1) is 6.04 Å². The zero-order chi connectivity index (χ0) is 16.4. The van der Waals surface area contributed by atoms with Gasteiger partial charge in [-0.25, -0.2) is 4.98 Å². The first-order chi connectivity index (χ1) is 11.0. The van der Waals surface area contributed by atoms with Gasteiger partial charge in [0.1, 0.15) is 10.7 Å². The third-order valence-corrected chi connectivity index (χ3v) is 4.75. The molecule has 0 radical (unpaired) electrons. The van der Waals surface area contributed by atoms with Gasteiger partial charge in [-0.3, -0.25) is 9.78 Å². The number of aromatic nitrogens is 2. The molecule has 0 aliphatic heterocycles. The van der Waals surface area contributed by atoms with Crippen LogP contribution in [0.4, 0.5) is 0 Å². The van der Waals surface area contributed by atoms with Gasteiger partial charge < -0.3 is 11.1 Å². The molecule has 3 aromatic rings. The number of aryl methyl sites for hydroxylation is 1. The second-order valence-corrected chi connectivity index (χ2v) is 6.72. The monoisotopic (exact) mass is 326 g/mol. The first-order valence-electron chi connectivity index (χ1n) is 7.38. The van der Waals surface area contributed by atoms with E-state index in [-0.39, 0.29) is 11.9 Å². The molecule has 1 atom stereocenters. The Kier molecular flexibility index (Phi) is 4.36. The number of nitrogens with zero attached hydrogens (tertiary/aromatic N) is 2. The fourth-order valence-corrected chi connectivity index (χ4v) is 3.20. The lowest BCUT2D eigenvalue weighted by Gasteiger charge is -2.06. The second-order valence-electron chi connectivity index (χ2n) is 5.49. The van der Waals surface area contributed by atoms with Crippen molar-refractivity contribution in [3.8, 4) is 0 Å². The van der Waals surface area contributed by atoms with Crippen LogP contribution in [0.15, 0.2) is 36.7 Å². The van der Waals surface area contributed by atoms with Crippen molar-refractivity contribution in [3.05, 3.63) is 57.8 Å². The lowest BCUT2D eigenvalue weighted by Crippen LogP contribution is -2.24. The topological polar surface area (TPSA) is 80.9 Å². The quantitative estimate of drug-likeness (QED) is 0.772. The summed E-state index contributed by atoms with van der Waals surface area (Å²) in [5.41, 5.74) is 7.33. The summed E-state index contributed by atoms with van der Waals surface area (Å²) in [6.07, 6.45) is 3.59. The number of hydrogen-bond donors (Lipinski definition) is 2. The largest absolute Gasteiger partial charge is 0.347 e. The lowest BCUT2D eigenvalue weighted by atomic mass is 10.1. The molecule has 23 heavy (non-hydrogen) atoms. The standard InChI is InChI=1S/C17H18N4OS/c1-10(18)17-21-15(11(2)23-17)16(22)20-8-12-3-4-14-9-19-6-5-13(14)7-12/h3-7,9-10H,8,18H2,1-2H3,(H,20,22). The molecule has 0 aliphatic carbocycles. The Morgan fingerprint density at radius 1 is 1.35 bits per heavy atom. The zero-order valence-electron chi connectivity index (χ0n) is 13.0. The molecule has 3 rings (SSSR count). The number of rotatable bonds is 4. The number of carbonyl (C=O) groups is 1. The van der Waals surface area contributed by atoms with Crippen molar-refractivity contribution in [1.29, 1.82) is 0 Å². The molecule has 2 aromatic heterocycles. The van der Waals surface area contributed by atoms with Gasteiger partial charge in [0.15, 0.2) is 0 Å². The number of pyridine rings is 1. The molecule has 0 fully saturated rings. The summed E-state index contributed by atoms with van der Waals surface area (Å²) >= 11 is 1.47. The fourth-order valence-electron chi connectivity index (χ4n) is 2.33. The number of thiazole rings is 1. The average molecular weight is 326 g/mol. The minimum absolute atomic E-state index is 0.158. The van der Waals surface area contributed by atoms with E-state index in [9.17, 15) is 4.79 Å². The van der Waals surface area contributed by atoms with Crippen LogP contribution in [-0.2, 0) is 6.54 Å². The van der Waals surface area contributed by atoms with Gasteiger partial charge in [-0.05, 0) is 36.9 Å². The molecule has 118 valence electrons. The highest BCUT2D eigenvalue weighted by molar-refractivity contribution is 7.11. The van der Waals surface area contributed by atoms with Crippen LogP contribution in [0.2, 0.25) is 0 Å². The number of hydrogen-bond acceptors (Lipinski definition) is 5. The Morgan fingerprint density at radius 3 is 2.91 bits per heavy atom. The molecule has 0 bridgehead atoms. The van der Waals surface area contributed by atoms with E-state index >= 15 is 0 Å². The van der Waals surface area contributed by atoms with Crippen molar-refractivity contribution in [2.24, 2.45) is 5.73 Å². The summed E-state index contributed by atoms with van der Waals surface area (Å²) in [4.78, 5) is 21.6. The van der Waals surface area contributed by atoms with Crippen molar-refractivity contribution in [1.82, 2.24) is 15.3 Å². The van der Waals surface area contributed by atoms with Crippen LogP contribution in [0.25, 0.3) is 10.8 Å². The van der Waals surface area contributed by atoms with E-state index in [1.165, 1.54) is 11.3 Å². The summed E-state index contributed by atoms with van der Waals surface area (Å²) in [5, 5.41) is 5.90. The van der Waals surface area contributed by atoms with Gasteiger partial charge in [-0.1, -0.05) is 12.1 Å².